The highest BCUT2D eigenvalue weighted by molar-refractivity contribution is 5.94. The molecule has 6 heteroatoms. The van der Waals surface area contributed by atoms with Crippen LogP contribution in [0.1, 0.15) is 23.7 Å². The van der Waals surface area contributed by atoms with Crippen LogP contribution < -0.4 is 4.74 Å². The van der Waals surface area contributed by atoms with Gasteiger partial charge in [-0.1, -0.05) is 6.92 Å². The van der Waals surface area contributed by atoms with Crippen molar-refractivity contribution in [3.63, 3.8) is 0 Å². The average molecular weight is 287 g/mol. The van der Waals surface area contributed by atoms with Gasteiger partial charge in [-0.3, -0.25) is 4.79 Å². The number of ether oxygens (including phenoxy) is 1. The first-order chi connectivity index (χ1) is 9.44. The van der Waals surface area contributed by atoms with Crippen LogP contribution in [0.4, 0.5) is 13.2 Å². The summed E-state index contributed by atoms with van der Waals surface area (Å²) in [4.78, 5) is 13.6. The molecule has 1 amide bonds. The quantitative estimate of drug-likeness (QED) is 0.855. The number of hydrogen-bond donors (Lipinski definition) is 0. The zero-order chi connectivity index (χ0) is 14.8. The molecule has 0 aliphatic carbocycles. The standard InChI is InChI=1S/C14H16F3NO2/c1-10-8-18(7-6-14(10,16)17)13(19)11-2-4-12(5-3-11)20-9-15/h2-5,10H,6-9H2,1H3. The molecule has 1 aliphatic heterocycles. The minimum Gasteiger partial charge on any atom is -0.463 e. The predicted molar refractivity (Wildman–Crippen MR) is 67.7 cm³/mol. The Kier molecular flexibility index (Phi) is 4.20. The molecule has 1 aliphatic rings. The van der Waals surface area contributed by atoms with E-state index >= 15 is 0 Å². The molecule has 2 rings (SSSR count). The summed E-state index contributed by atoms with van der Waals surface area (Å²) in [5.74, 6) is -3.54. The molecular formula is C14H16F3NO2. The fraction of sp³-hybridized carbons (Fsp3) is 0.500. The lowest BCUT2D eigenvalue weighted by molar-refractivity contribution is -0.0921. The van der Waals surface area contributed by atoms with Gasteiger partial charge in [-0.25, -0.2) is 13.2 Å². The highest BCUT2D eigenvalue weighted by Gasteiger charge is 2.42. The minimum absolute atomic E-state index is 0.0363. The van der Waals surface area contributed by atoms with Gasteiger partial charge >= 0.3 is 0 Å². The van der Waals surface area contributed by atoms with Crippen molar-refractivity contribution >= 4 is 5.91 Å². The number of amides is 1. The molecule has 1 fully saturated rings. The third-order valence-corrected chi connectivity index (χ3v) is 3.54. The number of piperidine rings is 1. The minimum atomic E-state index is -2.71. The monoisotopic (exact) mass is 287 g/mol. The number of likely N-dealkylation sites (tertiary alicyclic amines) is 1. The van der Waals surface area contributed by atoms with Crippen molar-refractivity contribution in [3.8, 4) is 5.75 Å². The van der Waals surface area contributed by atoms with Crippen LogP contribution in [0.15, 0.2) is 24.3 Å². The Morgan fingerprint density at radius 2 is 2.05 bits per heavy atom. The number of benzene rings is 1. The van der Waals surface area contributed by atoms with Gasteiger partial charge in [0.25, 0.3) is 11.8 Å². The van der Waals surface area contributed by atoms with Crippen molar-refractivity contribution in [2.75, 3.05) is 20.0 Å². The Balaban J connectivity index is 2.04. The van der Waals surface area contributed by atoms with Gasteiger partial charge in [0.05, 0.1) is 0 Å². The van der Waals surface area contributed by atoms with E-state index in [4.69, 9.17) is 0 Å². The number of nitrogens with zero attached hydrogens (tertiary/aromatic N) is 1. The second-order valence-corrected chi connectivity index (χ2v) is 4.94. The van der Waals surface area contributed by atoms with E-state index in [1.807, 2.05) is 0 Å². The Morgan fingerprint density at radius 1 is 1.40 bits per heavy atom. The second-order valence-electron chi connectivity index (χ2n) is 4.94. The summed E-state index contributed by atoms with van der Waals surface area (Å²) < 4.78 is 43.4. The van der Waals surface area contributed by atoms with Crippen LogP contribution in [0.3, 0.4) is 0 Å². The van der Waals surface area contributed by atoms with Crippen LogP contribution in [0, 0.1) is 5.92 Å². The average Bonchev–Trinajstić information content (AvgIpc) is 2.42. The lowest BCUT2D eigenvalue weighted by atomic mass is 9.95. The molecule has 20 heavy (non-hydrogen) atoms. The van der Waals surface area contributed by atoms with E-state index in [0.29, 0.717) is 11.3 Å². The number of carbonyl (C=O) groups excluding carboxylic acids is 1. The normalized spacial score (nSPS) is 21.6. The predicted octanol–water partition coefficient (Wildman–Crippen LogP) is 3.11. The lowest BCUT2D eigenvalue weighted by Gasteiger charge is -2.36. The van der Waals surface area contributed by atoms with Crippen LogP contribution in [0.5, 0.6) is 5.75 Å². The molecule has 3 nitrogen and oxygen atoms in total. The largest absolute Gasteiger partial charge is 0.463 e. The van der Waals surface area contributed by atoms with Gasteiger partial charge in [-0.15, -0.1) is 0 Å². The van der Waals surface area contributed by atoms with E-state index in [9.17, 15) is 18.0 Å². The number of hydrogen-bond acceptors (Lipinski definition) is 2. The van der Waals surface area contributed by atoms with Crippen molar-refractivity contribution in [1.82, 2.24) is 4.90 Å². The van der Waals surface area contributed by atoms with Gasteiger partial charge in [0.2, 0.25) is 6.86 Å². The maximum Gasteiger partial charge on any atom is 0.254 e. The zero-order valence-electron chi connectivity index (χ0n) is 11.1. The molecule has 0 N–H and O–H groups in total. The van der Waals surface area contributed by atoms with Gasteiger partial charge in [0, 0.05) is 31.0 Å². The zero-order valence-corrected chi connectivity index (χ0v) is 11.1. The number of rotatable bonds is 3. The molecule has 0 aromatic heterocycles. The van der Waals surface area contributed by atoms with E-state index < -0.39 is 18.7 Å². The molecule has 1 heterocycles. The Hall–Kier alpha value is -1.72. The molecule has 1 saturated heterocycles. The highest BCUT2D eigenvalue weighted by atomic mass is 19.3. The molecule has 0 saturated carbocycles. The lowest BCUT2D eigenvalue weighted by Crippen LogP contribution is -2.48. The fourth-order valence-corrected chi connectivity index (χ4v) is 2.21. The molecule has 1 aromatic carbocycles. The first kappa shape index (κ1) is 14.7. The first-order valence-corrected chi connectivity index (χ1v) is 6.40. The molecule has 0 bridgehead atoms. The van der Waals surface area contributed by atoms with E-state index in [-0.39, 0.29) is 25.4 Å². The van der Waals surface area contributed by atoms with Gasteiger partial charge in [0.1, 0.15) is 5.75 Å². The van der Waals surface area contributed by atoms with Crippen LogP contribution >= 0.6 is 0 Å². The number of carbonyl (C=O) groups is 1. The van der Waals surface area contributed by atoms with E-state index in [0.717, 1.165) is 0 Å². The van der Waals surface area contributed by atoms with E-state index in [1.54, 1.807) is 0 Å². The van der Waals surface area contributed by atoms with Crippen molar-refractivity contribution in [2.45, 2.75) is 19.3 Å². The van der Waals surface area contributed by atoms with E-state index in [1.165, 1.54) is 36.1 Å². The van der Waals surface area contributed by atoms with Gasteiger partial charge < -0.3 is 9.64 Å². The molecule has 1 unspecified atom stereocenters. The second kappa shape index (κ2) is 5.73. The summed E-state index contributed by atoms with van der Waals surface area (Å²) in [5, 5.41) is 0. The molecular weight excluding hydrogens is 271 g/mol. The summed E-state index contributed by atoms with van der Waals surface area (Å²) in [6.45, 7) is 0.580. The summed E-state index contributed by atoms with van der Waals surface area (Å²) in [5.41, 5.74) is 0.383. The Bertz CT molecular complexity index is 476. The number of alkyl halides is 3. The maximum absolute atomic E-state index is 13.4. The summed E-state index contributed by atoms with van der Waals surface area (Å²) in [6.07, 6.45) is -0.317. The van der Waals surface area contributed by atoms with Crippen LogP contribution in [0.25, 0.3) is 0 Å². The maximum atomic E-state index is 13.4. The molecule has 1 aromatic rings. The van der Waals surface area contributed by atoms with Crippen LogP contribution in [-0.2, 0) is 0 Å². The molecule has 110 valence electrons. The highest BCUT2D eigenvalue weighted by Crippen LogP contribution is 2.33. The van der Waals surface area contributed by atoms with Gasteiger partial charge in [-0.2, -0.15) is 0 Å². The first-order valence-electron chi connectivity index (χ1n) is 6.40. The van der Waals surface area contributed by atoms with Crippen molar-refractivity contribution < 1.29 is 22.7 Å². The Labute approximate surface area is 115 Å². The smallest absolute Gasteiger partial charge is 0.254 e. The summed E-state index contributed by atoms with van der Waals surface area (Å²) >= 11 is 0. The van der Waals surface area contributed by atoms with Gasteiger partial charge in [0.15, 0.2) is 0 Å². The summed E-state index contributed by atoms with van der Waals surface area (Å²) in [7, 11) is 0. The molecule has 1 atom stereocenters. The third-order valence-electron chi connectivity index (χ3n) is 3.54. The number of halogens is 3. The fourth-order valence-electron chi connectivity index (χ4n) is 2.21. The molecule has 0 spiro atoms. The van der Waals surface area contributed by atoms with Crippen molar-refractivity contribution in [1.29, 1.82) is 0 Å². The SMILES string of the molecule is CC1CN(C(=O)c2ccc(OCF)cc2)CCC1(F)F. The van der Waals surface area contributed by atoms with Crippen LogP contribution in [0.2, 0.25) is 0 Å². The summed E-state index contributed by atoms with van der Waals surface area (Å²) in [6, 6.07) is 5.97. The molecule has 0 radical (unpaired) electrons. The van der Waals surface area contributed by atoms with Crippen molar-refractivity contribution in [3.05, 3.63) is 29.8 Å². The van der Waals surface area contributed by atoms with E-state index in [2.05, 4.69) is 4.74 Å². The van der Waals surface area contributed by atoms with Crippen molar-refractivity contribution in [2.24, 2.45) is 5.92 Å². The topological polar surface area (TPSA) is 29.5 Å². The van der Waals surface area contributed by atoms with Crippen LogP contribution in [-0.4, -0.2) is 36.7 Å². The Morgan fingerprint density at radius 3 is 2.60 bits per heavy atom. The third kappa shape index (κ3) is 3.05. The van der Waals surface area contributed by atoms with Gasteiger partial charge in [-0.05, 0) is 24.3 Å².